The zero-order valence-corrected chi connectivity index (χ0v) is 11.0. The second-order valence-corrected chi connectivity index (χ2v) is 4.74. The van der Waals surface area contributed by atoms with Gasteiger partial charge in [-0.1, -0.05) is 22.0 Å². The second kappa shape index (κ2) is 4.34. The fourth-order valence-electron chi connectivity index (χ4n) is 1.75. The van der Waals surface area contributed by atoms with Gasteiger partial charge in [0.05, 0.1) is 12.0 Å². The van der Waals surface area contributed by atoms with Crippen LogP contribution in [0.2, 0.25) is 0 Å². The highest BCUT2D eigenvalue weighted by Gasteiger charge is 2.10. The maximum atomic E-state index is 5.97. The summed E-state index contributed by atoms with van der Waals surface area (Å²) in [5, 5.41) is 4.44. The number of nitrogen functional groups attached to an aromatic ring is 1. The third-order valence-corrected chi connectivity index (χ3v) is 3.06. The second-order valence-electron chi connectivity index (χ2n) is 3.82. The third kappa shape index (κ3) is 1.93. The minimum Gasteiger partial charge on any atom is -0.463 e. The molecular weight excluding hydrogens is 294 g/mol. The first kappa shape index (κ1) is 11.1. The van der Waals surface area contributed by atoms with Crippen LogP contribution in [0.5, 0.6) is 0 Å². The predicted octanol–water partition coefficient (Wildman–Crippen LogP) is 3.48. The van der Waals surface area contributed by atoms with Crippen molar-refractivity contribution in [2.75, 3.05) is 5.73 Å². The molecule has 0 saturated heterocycles. The van der Waals surface area contributed by atoms with E-state index in [1.807, 2.05) is 36.4 Å². The Labute approximate surface area is 112 Å². The number of anilines is 1. The molecule has 0 aliphatic heterocycles. The van der Waals surface area contributed by atoms with Gasteiger partial charge in [-0.2, -0.15) is 5.10 Å². The third-order valence-electron chi connectivity index (χ3n) is 2.56. The molecule has 4 nitrogen and oxygen atoms in total. The zero-order chi connectivity index (χ0) is 12.5. The van der Waals surface area contributed by atoms with Gasteiger partial charge in [-0.25, -0.2) is 4.68 Å². The molecule has 0 aliphatic carbocycles. The lowest BCUT2D eigenvalue weighted by Crippen LogP contribution is -2.01. The van der Waals surface area contributed by atoms with Crippen molar-refractivity contribution in [1.82, 2.24) is 9.78 Å². The summed E-state index contributed by atoms with van der Waals surface area (Å²) in [4.78, 5) is 0. The van der Waals surface area contributed by atoms with Gasteiger partial charge in [0.15, 0.2) is 5.76 Å². The van der Waals surface area contributed by atoms with Crippen molar-refractivity contribution in [2.24, 2.45) is 0 Å². The first-order valence-corrected chi connectivity index (χ1v) is 6.19. The normalized spacial score (nSPS) is 10.7. The molecule has 0 amide bonds. The van der Waals surface area contributed by atoms with Crippen LogP contribution in [0, 0.1) is 0 Å². The SMILES string of the molecule is Nc1cc(-c2ccco2)nn1-c1cccc(Br)c1. The van der Waals surface area contributed by atoms with Crippen molar-refractivity contribution in [2.45, 2.75) is 0 Å². The molecule has 18 heavy (non-hydrogen) atoms. The van der Waals surface area contributed by atoms with Crippen LogP contribution < -0.4 is 5.73 Å². The molecule has 0 atom stereocenters. The smallest absolute Gasteiger partial charge is 0.154 e. The van der Waals surface area contributed by atoms with Crippen molar-refractivity contribution >= 4 is 21.7 Å². The Hall–Kier alpha value is -2.01. The fourth-order valence-corrected chi connectivity index (χ4v) is 2.14. The average Bonchev–Trinajstić information content (AvgIpc) is 2.97. The van der Waals surface area contributed by atoms with E-state index in [9.17, 15) is 0 Å². The molecule has 0 saturated carbocycles. The Morgan fingerprint density at radius 3 is 2.78 bits per heavy atom. The largest absolute Gasteiger partial charge is 0.463 e. The monoisotopic (exact) mass is 303 g/mol. The molecule has 5 heteroatoms. The van der Waals surface area contributed by atoms with Crippen LogP contribution in [0.3, 0.4) is 0 Å². The summed E-state index contributed by atoms with van der Waals surface area (Å²) in [6.45, 7) is 0. The minimum atomic E-state index is 0.569. The molecule has 0 aliphatic rings. The van der Waals surface area contributed by atoms with Gasteiger partial charge in [-0.3, -0.25) is 0 Å². The summed E-state index contributed by atoms with van der Waals surface area (Å²) in [6, 6.07) is 13.3. The van der Waals surface area contributed by atoms with E-state index in [4.69, 9.17) is 10.2 Å². The van der Waals surface area contributed by atoms with E-state index in [1.165, 1.54) is 0 Å². The number of aromatic nitrogens is 2. The Morgan fingerprint density at radius 1 is 1.17 bits per heavy atom. The number of furan rings is 1. The number of hydrogen-bond acceptors (Lipinski definition) is 3. The predicted molar refractivity (Wildman–Crippen MR) is 73.4 cm³/mol. The Bertz CT molecular complexity index is 673. The van der Waals surface area contributed by atoms with Crippen molar-refractivity contribution in [3.05, 3.63) is 53.2 Å². The fraction of sp³-hybridized carbons (Fsp3) is 0. The van der Waals surface area contributed by atoms with Crippen LogP contribution in [-0.2, 0) is 0 Å². The van der Waals surface area contributed by atoms with Crippen molar-refractivity contribution in [3.8, 4) is 17.1 Å². The molecule has 0 radical (unpaired) electrons. The first-order valence-electron chi connectivity index (χ1n) is 5.39. The maximum Gasteiger partial charge on any atom is 0.154 e. The Balaban J connectivity index is 2.09. The van der Waals surface area contributed by atoms with Crippen LogP contribution in [-0.4, -0.2) is 9.78 Å². The standard InChI is InChI=1S/C13H10BrN3O/c14-9-3-1-4-10(7-9)17-13(15)8-11(16-17)12-5-2-6-18-12/h1-8H,15H2. The van der Waals surface area contributed by atoms with Crippen LogP contribution >= 0.6 is 15.9 Å². The first-order chi connectivity index (χ1) is 8.74. The van der Waals surface area contributed by atoms with Gasteiger partial charge < -0.3 is 10.2 Å². The topological polar surface area (TPSA) is 57.0 Å². The van der Waals surface area contributed by atoms with Crippen LogP contribution in [0.4, 0.5) is 5.82 Å². The molecule has 0 fully saturated rings. The van der Waals surface area contributed by atoms with Gasteiger partial charge in [0.25, 0.3) is 0 Å². The van der Waals surface area contributed by atoms with E-state index in [2.05, 4.69) is 21.0 Å². The number of benzene rings is 1. The lowest BCUT2D eigenvalue weighted by atomic mass is 10.3. The molecule has 0 spiro atoms. The molecule has 3 aromatic rings. The van der Waals surface area contributed by atoms with Crippen molar-refractivity contribution in [1.29, 1.82) is 0 Å². The quantitative estimate of drug-likeness (QED) is 0.788. The van der Waals surface area contributed by atoms with Crippen molar-refractivity contribution < 1.29 is 4.42 Å². The van der Waals surface area contributed by atoms with E-state index in [0.717, 1.165) is 15.9 Å². The summed E-state index contributed by atoms with van der Waals surface area (Å²) < 4.78 is 7.97. The number of hydrogen-bond donors (Lipinski definition) is 1. The summed E-state index contributed by atoms with van der Waals surface area (Å²) in [5.41, 5.74) is 7.60. The molecular formula is C13H10BrN3O. The summed E-state index contributed by atoms with van der Waals surface area (Å²) in [5.74, 6) is 1.27. The van der Waals surface area contributed by atoms with Gasteiger partial charge in [0, 0.05) is 10.5 Å². The van der Waals surface area contributed by atoms with Crippen molar-refractivity contribution in [3.63, 3.8) is 0 Å². The number of nitrogens with two attached hydrogens (primary N) is 1. The van der Waals surface area contributed by atoms with Gasteiger partial charge in [0.2, 0.25) is 0 Å². The summed E-state index contributed by atoms with van der Waals surface area (Å²) >= 11 is 3.43. The molecule has 0 bridgehead atoms. The molecule has 2 heterocycles. The Kier molecular flexibility index (Phi) is 2.68. The summed E-state index contributed by atoms with van der Waals surface area (Å²) in [7, 11) is 0. The molecule has 90 valence electrons. The van der Waals surface area contributed by atoms with Gasteiger partial charge >= 0.3 is 0 Å². The molecule has 1 aromatic carbocycles. The lowest BCUT2D eigenvalue weighted by Gasteiger charge is -2.03. The molecule has 2 N–H and O–H groups in total. The highest BCUT2D eigenvalue weighted by molar-refractivity contribution is 9.10. The van der Waals surface area contributed by atoms with E-state index in [1.54, 1.807) is 17.0 Å². The average molecular weight is 304 g/mol. The number of halogens is 1. The summed E-state index contributed by atoms with van der Waals surface area (Å²) in [6.07, 6.45) is 1.61. The van der Waals surface area contributed by atoms with Gasteiger partial charge in [-0.15, -0.1) is 0 Å². The van der Waals surface area contributed by atoms with E-state index < -0.39 is 0 Å². The van der Waals surface area contributed by atoms with Crippen LogP contribution in [0.25, 0.3) is 17.1 Å². The minimum absolute atomic E-state index is 0.569. The van der Waals surface area contributed by atoms with E-state index in [-0.39, 0.29) is 0 Å². The van der Waals surface area contributed by atoms with Crippen LogP contribution in [0.15, 0.2) is 57.6 Å². The van der Waals surface area contributed by atoms with E-state index >= 15 is 0 Å². The number of rotatable bonds is 2. The van der Waals surface area contributed by atoms with Gasteiger partial charge in [-0.05, 0) is 30.3 Å². The Morgan fingerprint density at radius 2 is 2.06 bits per heavy atom. The van der Waals surface area contributed by atoms with Crippen LogP contribution in [0.1, 0.15) is 0 Å². The van der Waals surface area contributed by atoms with Gasteiger partial charge in [0.1, 0.15) is 11.5 Å². The number of nitrogens with zero attached hydrogens (tertiary/aromatic N) is 2. The highest BCUT2D eigenvalue weighted by atomic mass is 79.9. The maximum absolute atomic E-state index is 5.97. The molecule has 0 unspecified atom stereocenters. The highest BCUT2D eigenvalue weighted by Crippen LogP contribution is 2.24. The van der Waals surface area contributed by atoms with E-state index in [0.29, 0.717) is 11.6 Å². The lowest BCUT2D eigenvalue weighted by molar-refractivity contribution is 0.579. The molecule has 3 rings (SSSR count). The zero-order valence-electron chi connectivity index (χ0n) is 9.38. The molecule has 2 aromatic heterocycles.